The van der Waals surface area contributed by atoms with Crippen LogP contribution in [0, 0.1) is 20.2 Å². The first kappa shape index (κ1) is 12.6. The Morgan fingerprint density at radius 2 is 1.65 bits per heavy atom. The first-order chi connectivity index (χ1) is 7.93. The minimum atomic E-state index is -0.699. The molecule has 0 aliphatic rings. The van der Waals surface area contributed by atoms with E-state index in [1.165, 1.54) is 12.3 Å². The van der Waals surface area contributed by atoms with Crippen molar-refractivity contribution in [2.24, 2.45) is 0 Å². The smallest absolute Gasteiger partial charge is 0.301 e. The molecule has 0 saturated heterocycles. The number of hydrogen-bond donors (Lipinski definition) is 0. The Labute approximate surface area is 96.5 Å². The van der Waals surface area contributed by atoms with Gasteiger partial charge in [0, 0.05) is 14.1 Å². The zero-order valence-electron chi connectivity index (χ0n) is 9.23. The van der Waals surface area contributed by atoms with E-state index in [2.05, 4.69) is 4.98 Å². The van der Waals surface area contributed by atoms with Crippen molar-refractivity contribution in [1.82, 2.24) is 9.88 Å². The molecule has 0 bridgehead atoms. The summed E-state index contributed by atoms with van der Waals surface area (Å²) in [5.74, 6) is 0. The quantitative estimate of drug-likeness (QED) is 0.580. The topological polar surface area (TPSA) is 102 Å². The van der Waals surface area contributed by atoms with Gasteiger partial charge < -0.3 is 4.90 Å². The lowest BCUT2D eigenvalue weighted by Crippen LogP contribution is -2.02. The molecule has 8 heteroatoms. The van der Waals surface area contributed by atoms with Gasteiger partial charge in [-0.3, -0.25) is 25.2 Å². The molecule has 0 atom stereocenters. The van der Waals surface area contributed by atoms with E-state index in [0.717, 1.165) is 12.4 Å². The Balaban J connectivity index is 3.38. The summed E-state index contributed by atoms with van der Waals surface area (Å²) in [5, 5.41) is 21.5. The Hall–Kier alpha value is -2.51. The minimum Gasteiger partial charge on any atom is -0.383 e. The molecule has 1 aromatic heterocycles. The molecule has 0 spiro atoms. The molecule has 0 saturated carbocycles. The fourth-order valence-electron chi connectivity index (χ4n) is 1.13. The van der Waals surface area contributed by atoms with Crippen LogP contribution < -0.4 is 0 Å². The van der Waals surface area contributed by atoms with Crippen LogP contribution in [-0.4, -0.2) is 33.8 Å². The van der Waals surface area contributed by atoms with E-state index in [0.29, 0.717) is 0 Å². The molecule has 8 nitrogen and oxygen atoms in total. The van der Waals surface area contributed by atoms with Crippen LogP contribution in [0.1, 0.15) is 5.56 Å². The van der Waals surface area contributed by atoms with Gasteiger partial charge in [-0.25, -0.2) is 0 Å². The van der Waals surface area contributed by atoms with Gasteiger partial charge in [-0.2, -0.15) is 0 Å². The molecule has 0 radical (unpaired) electrons. The molecule has 90 valence electrons. The van der Waals surface area contributed by atoms with Crippen LogP contribution >= 0.6 is 0 Å². The molecule has 0 unspecified atom stereocenters. The normalized spacial score (nSPS) is 10.5. The maximum atomic E-state index is 10.7. The molecule has 1 rings (SSSR count). The van der Waals surface area contributed by atoms with E-state index in [1.54, 1.807) is 19.0 Å². The highest BCUT2D eigenvalue weighted by molar-refractivity contribution is 5.68. The lowest BCUT2D eigenvalue weighted by Gasteiger charge is -2.03. The largest absolute Gasteiger partial charge is 0.383 e. The minimum absolute atomic E-state index is 0.0660. The molecule has 0 aliphatic heterocycles. The monoisotopic (exact) mass is 238 g/mol. The zero-order chi connectivity index (χ0) is 13.0. The third kappa shape index (κ3) is 2.97. The first-order valence-electron chi connectivity index (χ1n) is 4.55. The van der Waals surface area contributed by atoms with Crippen LogP contribution in [-0.2, 0) is 0 Å². The third-order valence-electron chi connectivity index (χ3n) is 1.88. The van der Waals surface area contributed by atoms with Crippen molar-refractivity contribution in [3.05, 3.63) is 44.4 Å². The predicted molar refractivity (Wildman–Crippen MR) is 60.3 cm³/mol. The molecular formula is C9H10N4O4. The van der Waals surface area contributed by atoms with Crippen LogP contribution in [0.5, 0.6) is 0 Å². The summed E-state index contributed by atoms with van der Waals surface area (Å²) < 4.78 is 0. The predicted octanol–water partition coefficient (Wildman–Crippen LogP) is 1.43. The fourth-order valence-corrected chi connectivity index (χ4v) is 1.13. The molecule has 0 N–H and O–H groups in total. The van der Waals surface area contributed by atoms with Crippen molar-refractivity contribution in [3.8, 4) is 0 Å². The molecule has 0 aromatic carbocycles. The lowest BCUT2D eigenvalue weighted by molar-refractivity contribution is -0.395. The van der Waals surface area contributed by atoms with Crippen LogP contribution in [0.2, 0.25) is 0 Å². The van der Waals surface area contributed by atoms with Crippen LogP contribution in [0.15, 0.2) is 18.6 Å². The van der Waals surface area contributed by atoms with Crippen LogP contribution in [0.25, 0.3) is 6.08 Å². The number of rotatable bonds is 4. The number of nitrogens with zero attached hydrogens (tertiary/aromatic N) is 4. The zero-order valence-corrected chi connectivity index (χ0v) is 9.23. The molecular weight excluding hydrogens is 228 g/mol. The maximum Gasteiger partial charge on any atom is 0.301 e. The van der Waals surface area contributed by atoms with Gasteiger partial charge in [0.1, 0.15) is 18.0 Å². The van der Waals surface area contributed by atoms with Crippen molar-refractivity contribution in [2.45, 2.75) is 0 Å². The number of aromatic nitrogens is 1. The SMILES string of the molecule is CN(C)/C=C/c1c([N+](=O)[O-])cncc1[N+](=O)[O-]. The van der Waals surface area contributed by atoms with E-state index in [-0.39, 0.29) is 5.56 Å². The van der Waals surface area contributed by atoms with Gasteiger partial charge in [0.25, 0.3) is 0 Å². The fraction of sp³-hybridized carbons (Fsp3) is 0.222. The van der Waals surface area contributed by atoms with Gasteiger partial charge in [-0.1, -0.05) is 0 Å². The molecule has 1 heterocycles. The van der Waals surface area contributed by atoms with E-state index >= 15 is 0 Å². The Bertz CT molecular complexity index is 452. The average Bonchev–Trinajstić information content (AvgIpc) is 2.25. The van der Waals surface area contributed by atoms with Gasteiger partial charge >= 0.3 is 11.4 Å². The molecule has 0 fully saturated rings. The lowest BCUT2D eigenvalue weighted by atomic mass is 10.2. The van der Waals surface area contributed by atoms with E-state index in [1.807, 2.05) is 0 Å². The number of hydrogen-bond acceptors (Lipinski definition) is 6. The summed E-state index contributed by atoms with van der Waals surface area (Å²) >= 11 is 0. The average molecular weight is 238 g/mol. The first-order valence-corrected chi connectivity index (χ1v) is 4.55. The van der Waals surface area contributed by atoms with Gasteiger partial charge in [-0.15, -0.1) is 0 Å². The molecule has 0 amide bonds. The highest BCUT2D eigenvalue weighted by Gasteiger charge is 2.23. The second-order valence-electron chi connectivity index (χ2n) is 3.38. The second kappa shape index (κ2) is 5.01. The Morgan fingerprint density at radius 1 is 1.18 bits per heavy atom. The third-order valence-corrected chi connectivity index (χ3v) is 1.88. The second-order valence-corrected chi connectivity index (χ2v) is 3.38. The van der Waals surface area contributed by atoms with Crippen LogP contribution in [0.4, 0.5) is 11.4 Å². The summed E-state index contributed by atoms with van der Waals surface area (Å²) in [6, 6.07) is 0. The summed E-state index contributed by atoms with van der Waals surface area (Å²) in [6.07, 6.45) is 4.79. The number of nitro groups is 2. The van der Waals surface area contributed by atoms with Gasteiger partial charge in [-0.05, 0) is 12.3 Å². The van der Waals surface area contributed by atoms with E-state index in [4.69, 9.17) is 0 Å². The summed E-state index contributed by atoms with van der Waals surface area (Å²) in [6.45, 7) is 0. The highest BCUT2D eigenvalue weighted by atomic mass is 16.6. The summed E-state index contributed by atoms with van der Waals surface area (Å²) in [7, 11) is 3.41. The molecule has 0 aliphatic carbocycles. The van der Waals surface area contributed by atoms with Gasteiger partial charge in [0.15, 0.2) is 0 Å². The highest BCUT2D eigenvalue weighted by Crippen LogP contribution is 2.27. The van der Waals surface area contributed by atoms with Crippen molar-refractivity contribution in [3.63, 3.8) is 0 Å². The summed E-state index contributed by atoms with van der Waals surface area (Å²) in [5.41, 5.74) is -0.849. The van der Waals surface area contributed by atoms with Crippen molar-refractivity contribution in [1.29, 1.82) is 0 Å². The van der Waals surface area contributed by atoms with Gasteiger partial charge in [0.2, 0.25) is 0 Å². The van der Waals surface area contributed by atoms with E-state index in [9.17, 15) is 20.2 Å². The van der Waals surface area contributed by atoms with E-state index < -0.39 is 21.2 Å². The van der Waals surface area contributed by atoms with Crippen molar-refractivity contribution >= 4 is 17.5 Å². The van der Waals surface area contributed by atoms with Crippen molar-refractivity contribution < 1.29 is 9.85 Å². The molecule has 1 aromatic rings. The van der Waals surface area contributed by atoms with Gasteiger partial charge in [0.05, 0.1) is 9.85 Å². The Kier molecular flexibility index (Phi) is 3.70. The van der Waals surface area contributed by atoms with Crippen LogP contribution in [0.3, 0.4) is 0 Å². The van der Waals surface area contributed by atoms with Crippen molar-refractivity contribution in [2.75, 3.05) is 14.1 Å². The Morgan fingerprint density at radius 3 is 2.00 bits per heavy atom. The maximum absolute atomic E-state index is 10.7. The molecule has 17 heavy (non-hydrogen) atoms. The summed E-state index contributed by atoms with van der Waals surface area (Å²) in [4.78, 5) is 25.2. The number of pyridine rings is 1. The standard InChI is InChI=1S/C9H10N4O4/c1-11(2)4-3-7-8(12(14)15)5-10-6-9(7)13(16)17/h3-6H,1-2H3/b4-3+.